The van der Waals surface area contributed by atoms with E-state index >= 15 is 0 Å². The Morgan fingerprint density at radius 3 is 2.54 bits per heavy atom. The van der Waals surface area contributed by atoms with Crippen molar-refractivity contribution in [1.82, 2.24) is 0 Å². The van der Waals surface area contributed by atoms with Crippen molar-refractivity contribution in [2.45, 2.75) is 25.9 Å². The van der Waals surface area contributed by atoms with Gasteiger partial charge in [-0.15, -0.1) is 0 Å². The van der Waals surface area contributed by atoms with E-state index in [2.05, 4.69) is 0 Å². The first kappa shape index (κ1) is 17.6. The second-order valence-electron chi connectivity index (χ2n) is 6.01. The molecule has 0 aliphatic carbocycles. The van der Waals surface area contributed by atoms with E-state index in [4.69, 9.17) is 4.74 Å². The highest BCUT2D eigenvalue weighted by Crippen LogP contribution is 2.22. The van der Waals surface area contributed by atoms with E-state index in [0.717, 1.165) is 18.5 Å². The minimum atomic E-state index is -0.570. The van der Waals surface area contributed by atoms with Gasteiger partial charge in [-0.25, -0.2) is 4.79 Å². The van der Waals surface area contributed by atoms with Crippen molar-refractivity contribution < 1.29 is 19.2 Å². The van der Waals surface area contributed by atoms with Crippen LogP contribution < -0.4 is 4.90 Å². The van der Waals surface area contributed by atoms with Crippen molar-refractivity contribution in [3.63, 3.8) is 0 Å². The number of hydrogen-bond acceptors (Lipinski definition) is 5. The molecular formula is C19H18N2O5. The third-order valence-corrected chi connectivity index (χ3v) is 4.29. The second-order valence-corrected chi connectivity index (χ2v) is 6.01. The Bertz CT molecular complexity index is 832. The molecule has 0 bridgehead atoms. The van der Waals surface area contributed by atoms with Gasteiger partial charge >= 0.3 is 5.97 Å². The van der Waals surface area contributed by atoms with Crippen molar-refractivity contribution in [2.24, 2.45) is 0 Å². The van der Waals surface area contributed by atoms with Crippen LogP contribution in [0.4, 0.5) is 11.4 Å². The topological polar surface area (TPSA) is 89.8 Å². The SMILES string of the molecule is O=C(OCc1ccccc1[N+](=O)[O-])c1ccc(N2CCCCC2=O)cc1. The molecule has 1 fully saturated rings. The predicted octanol–water partition coefficient (Wildman–Crippen LogP) is 3.47. The summed E-state index contributed by atoms with van der Waals surface area (Å²) in [5.74, 6) is -0.484. The lowest BCUT2D eigenvalue weighted by atomic mass is 10.1. The summed E-state index contributed by atoms with van der Waals surface area (Å²) < 4.78 is 5.19. The van der Waals surface area contributed by atoms with Crippen LogP contribution in [0, 0.1) is 10.1 Å². The number of ether oxygens (including phenoxy) is 1. The van der Waals surface area contributed by atoms with Crippen LogP contribution in [0.25, 0.3) is 0 Å². The number of nitrogens with zero attached hydrogens (tertiary/aromatic N) is 2. The van der Waals surface area contributed by atoms with E-state index < -0.39 is 10.9 Å². The lowest BCUT2D eigenvalue weighted by Gasteiger charge is -2.26. The van der Waals surface area contributed by atoms with Gasteiger partial charge in [-0.1, -0.05) is 12.1 Å². The monoisotopic (exact) mass is 354 g/mol. The van der Waals surface area contributed by atoms with Crippen LogP contribution in [0.15, 0.2) is 48.5 Å². The van der Waals surface area contributed by atoms with Crippen molar-refractivity contribution in [3.05, 3.63) is 69.8 Å². The number of nitro benzene ring substituents is 1. The maximum absolute atomic E-state index is 12.2. The maximum atomic E-state index is 12.2. The maximum Gasteiger partial charge on any atom is 0.338 e. The molecule has 7 nitrogen and oxygen atoms in total. The van der Waals surface area contributed by atoms with E-state index in [9.17, 15) is 19.7 Å². The standard InChI is InChI=1S/C19H18N2O5/c22-18-7-3-4-12-20(18)16-10-8-14(9-11-16)19(23)26-13-15-5-1-2-6-17(15)21(24)25/h1-2,5-6,8-11H,3-4,7,12-13H2. The fourth-order valence-corrected chi connectivity index (χ4v) is 2.89. The smallest absolute Gasteiger partial charge is 0.338 e. The van der Waals surface area contributed by atoms with Gasteiger partial charge in [-0.05, 0) is 43.2 Å². The van der Waals surface area contributed by atoms with Crippen molar-refractivity contribution in [3.8, 4) is 0 Å². The van der Waals surface area contributed by atoms with Crippen molar-refractivity contribution in [1.29, 1.82) is 0 Å². The molecule has 0 unspecified atom stereocenters. The second kappa shape index (κ2) is 7.77. The van der Waals surface area contributed by atoms with Crippen molar-refractivity contribution in [2.75, 3.05) is 11.4 Å². The third-order valence-electron chi connectivity index (χ3n) is 4.29. The van der Waals surface area contributed by atoms with E-state index in [1.54, 1.807) is 47.4 Å². The first-order valence-corrected chi connectivity index (χ1v) is 8.36. The number of carbonyl (C=O) groups excluding carboxylic acids is 2. The lowest BCUT2D eigenvalue weighted by Crippen LogP contribution is -2.35. The average Bonchev–Trinajstić information content (AvgIpc) is 2.67. The van der Waals surface area contributed by atoms with E-state index in [1.165, 1.54) is 6.07 Å². The van der Waals surface area contributed by atoms with Gasteiger partial charge in [0, 0.05) is 24.7 Å². The molecule has 0 aromatic heterocycles. The molecule has 3 rings (SSSR count). The van der Waals surface area contributed by atoms with Gasteiger partial charge in [0.1, 0.15) is 6.61 Å². The summed E-state index contributed by atoms with van der Waals surface area (Å²) >= 11 is 0. The third kappa shape index (κ3) is 3.88. The van der Waals surface area contributed by atoms with Crippen LogP contribution in [0.5, 0.6) is 0 Å². The number of piperidine rings is 1. The van der Waals surface area contributed by atoms with Gasteiger partial charge in [-0.2, -0.15) is 0 Å². The first-order chi connectivity index (χ1) is 12.6. The number of anilines is 1. The summed E-state index contributed by atoms with van der Waals surface area (Å²) in [5.41, 5.74) is 1.34. The van der Waals surface area contributed by atoms with E-state index in [-0.39, 0.29) is 18.2 Å². The number of nitro groups is 1. The van der Waals surface area contributed by atoms with Gasteiger partial charge in [0.2, 0.25) is 5.91 Å². The molecule has 1 aliphatic rings. The highest BCUT2D eigenvalue weighted by atomic mass is 16.6. The predicted molar refractivity (Wildman–Crippen MR) is 94.9 cm³/mol. The lowest BCUT2D eigenvalue weighted by molar-refractivity contribution is -0.385. The highest BCUT2D eigenvalue weighted by molar-refractivity contribution is 5.95. The molecular weight excluding hydrogens is 336 g/mol. The molecule has 134 valence electrons. The Labute approximate surface area is 150 Å². The summed E-state index contributed by atoms with van der Waals surface area (Å²) in [5, 5.41) is 11.0. The van der Waals surface area contributed by atoms with Gasteiger partial charge in [0.05, 0.1) is 16.1 Å². The molecule has 2 aromatic rings. The number of esters is 1. The Morgan fingerprint density at radius 2 is 1.85 bits per heavy atom. The molecule has 1 heterocycles. The Morgan fingerprint density at radius 1 is 1.12 bits per heavy atom. The molecule has 0 spiro atoms. The molecule has 7 heteroatoms. The molecule has 1 amide bonds. The first-order valence-electron chi connectivity index (χ1n) is 8.36. The molecule has 0 atom stereocenters. The van der Waals surface area contributed by atoms with E-state index in [0.29, 0.717) is 24.1 Å². The normalized spacial score (nSPS) is 14.2. The molecule has 2 aromatic carbocycles. The average molecular weight is 354 g/mol. The molecule has 0 saturated carbocycles. The summed E-state index contributed by atoms with van der Waals surface area (Å²) in [6.07, 6.45) is 2.41. The Balaban J connectivity index is 1.65. The summed E-state index contributed by atoms with van der Waals surface area (Å²) in [4.78, 5) is 36.3. The zero-order valence-corrected chi connectivity index (χ0v) is 14.1. The number of carbonyl (C=O) groups is 2. The Kier molecular flexibility index (Phi) is 5.26. The van der Waals surface area contributed by atoms with Crippen LogP contribution in [0.2, 0.25) is 0 Å². The minimum Gasteiger partial charge on any atom is -0.457 e. The molecule has 0 N–H and O–H groups in total. The number of rotatable bonds is 5. The summed E-state index contributed by atoms with van der Waals surface area (Å²) in [7, 11) is 0. The largest absolute Gasteiger partial charge is 0.457 e. The Hall–Kier alpha value is -3.22. The number of amides is 1. The van der Waals surface area contributed by atoms with Crippen LogP contribution in [-0.2, 0) is 16.1 Å². The molecule has 1 aliphatic heterocycles. The van der Waals surface area contributed by atoms with Crippen LogP contribution in [0.1, 0.15) is 35.2 Å². The highest BCUT2D eigenvalue weighted by Gasteiger charge is 2.20. The number of hydrogen-bond donors (Lipinski definition) is 0. The number of benzene rings is 2. The molecule has 1 saturated heterocycles. The van der Waals surface area contributed by atoms with Crippen LogP contribution in [-0.4, -0.2) is 23.3 Å². The zero-order valence-electron chi connectivity index (χ0n) is 14.1. The zero-order chi connectivity index (χ0) is 18.5. The van der Waals surface area contributed by atoms with Gasteiger partial charge < -0.3 is 9.64 Å². The quantitative estimate of drug-likeness (QED) is 0.466. The van der Waals surface area contributed by atoms with Crippen LogP contribution >= 0.6 is 0 Å². The fourth-order valence-electron chi connectivity index (χ4n) is 2.89. The summed E-state index contributed by atoms with van der Waals surface area (Å²) in [6.45, 7) is 0.503. The van der Waals surface area contributed by atoms with E-state index in [1.807, 2.05) is 0 Å². The van der Waals surface area contributed by atoms with Gasteiger partial charge in [-0.3, -0.25) is 14.9 Å². The number of para-hydroxylation sites is 1. The fraction of sp³-hybridized carbons (Fsp3) is 0.263. The van der Waals surface area contributed by atoms with Crippen LogP contribution in [0.3, 0.4) is 0 Å². The minimum absolute atomic E-state index is 0.0840. The van der Waals surface area contributed by atoms with Crippen molar-refractivity contribution >= 4 is 23.3 Å². The summed E-state index contributed by atoms with van der Waals surface area (Å²) in [6, 6.07) is 12.8. The molecule has 26 heavy (non-hydrogen) atoms. The van der Waals surface area contributed by atoms with Gasteiger partial charge in [0.15, 0.2) is 0 Å². The van der Waals surface area contributed by atoms with Gasteiger partial charge in [0.25, 0.3) is 5.69 Å². The molecule has 0 radical (unpaired) electrons.